The average molecular weight is 620 g/mol. The number of fused-ring (bicyclic) bond motifs is 1. The lowest BCUT2D eigenvalue weighted by Gasteiger charge is -2.35. The molecule has 0 bridgehead atoms. The Morgan fingerprint density at radius 3 is 2.69 bits per heavy atom. The summed E-state index contributed by atoms with van der Waals surface area (Å²) >= 11 is 0. The van der Waals surface area contributed by atoms with E-state index in [4.69, 9.17) is 9.47 Å². The van der Waals surface area contributed by atoms with Crippen molar-refractivity contribution in [2.75, 3.05) is 37.6 Å². The van der Waals surface area contributed by atoms with Gasteiger partial charge in [0.15, 0.2) is 11.6 Å². The molecule has 0 aliphatic carbocycles. The van der Waals surface area contributed by atoms with Gasteiger partial charge in [0.1, 0.15) is 29.7 Å². The molecule has 0 radical (unpaired) electrons. The minimum absolute atomic E-state index is 0.00532. The fourth-order valence-corrected chi connectivity index (χ4v) is 6.04. The number of nitrogens with one attached hydrogen (secondary N) is 2. The maximum Gasteiger partial charge on any atom is 0.257 e. The molecule has 1 atom stereocenters. The highest BCUT2D eigenvalue weighted by molar-refractivity contribution is 5.97. The van der Waals surface area contributed by atoms with Crippen molar-refractivity contribution >= 4 is 17.6 Å². The highest BCUT2D eigenvalue weighted by atomic mass is 19.1. The van der Waals surface area contributed by atoms with E-state index in [1.165, 1.54) is 31.5 Å². The maximum absolute atomic E-state index is 14.3. The molecule has 2 aromatic heterocycles. The summed E-state index contributed by atoms with van der Waals surface area (Å²) in [4.78, 5) is 41.8. The Morgan fingerprint density at radius 1 is 1.16 bits per heavy atom. The third kappa shape index (κ3) is 7.67. The summed E-state index contributed by atoms with van der Waals surface area (Å²) in [5.74, 6) is 1.22. The molecule has 2 aliphatic heterocycles. The van der Waals surface area contributed by atoms with E-state index in [9.17, 15) is 14.0 Å². The number of pyridine rings is 1. The van der Waals surface area contributed by atoms with Crippen molar-refractivity contribution in [1.29, 1.82) is 0 Å². The van der Waals surface area contributed by atoms with E-state index < -0.39 is 5.82 Å². The Hall–Kier alpha value is -4.32. The number of anilines is 1. The molecule has 0 spiro atoms. The van der Waals surface area contributed by atoms with Crippen molar-refractivity contribution in [3.05, 3.63) is 65.6 Å². The number of hydrogen-bond acceptors (Lipinski definition) is 9. The van der Waals surface area contributed by atoms with Crippen molar-refractivity contribution in [3.63, 3.8) is 0 Å². The van der Waals surface area contributed by atoms with Gasteiger partial charge >= 0.3 is 0 Å². The van der Waals surface area contributed by atoms with Gasteiger partial charge in [-0.15, -0.1) is 0 Å². The second kappa shape index (κ2) is 14.6. The van der Waals surface area contributed by atoms with Crippen LogP contribution in [0.4, 0.5) is 10.2 Å². The summed E-state index contributed by atoms with van der Waals surface area (Å²) in [6, 6.07) is 5.90. The lowest BCUT2D eigenvalue weighted by atomic mass is 9.95. The molecule has 1 fully saturated rings. The molecule has 1 unspecified atom stereocenters. The number of carbonyl (C=O) groups excluding carboxylic acids is 2. The van der Waals surface area contributed by atoms with E-state index in [-0.39, 0.29) is 41.3 Å². The largest absolute Gasteiger partial charge is 0.490 e. The number of aromatic nitrogens is 3. The Labute approximate surface area is 263 Å². The van der Waals surface area contributed by atoms with Crippen LogP contribution in [0.3, 0.4) is 0 Å². The van der Waals surface area contributed by atoms with Crippen molar-refractivity contribution in [2.24, 2.45) is 0 Å². The molecule has 2 N–H and O–H groups in total. The second-order valence-electron chi connectivity index (χ2n) is 11.6. The fourth-order valence-electron chi connectivity index (χ4n) is 6.04. The van der Waals surface area contributed by atoms with Crippen LogP contribution in [0.5, 0.6) is 17.2 Å². The van der Waals surface area contributed by atoms with Crippen LogP contribution in [-0.4, -0.2) is 76.5 Å². The van der Waals surface area contributed by atoms with E-state index in [0.29, 0.717) is 37.7 Å². The summed E-state index contributed by atoms with van der Waals surface area (Å²) in [5, 5.41) is 6.44. The SMILES string of the molecule is CCN(C(=O)c1cc(F)ccc1Oc1cncnc1N1CCC(Oc2ccnc3c2C(CCNC(C)=O)NCC3)CC1)C(C)C. The molecule has 2 aliphatic rings. The summed E-state index contributed by atoms with van der Waals surface area (Å²) < 4.78 is 27.1. The summed E-state index contributed by atoms with van der Waals surface area (Å²) in [6.07, 6.45) is 7.92. The minimum atomic E-state index is -0.512. The third-order valence-corrected chi connectivity index (χ3v) is 8.25. The van der Waals surface area contributed by atoms with Crippen LogP contribution in [-0.2, 0) is 11.2 Å². The highest BCUT2D eigenvalue weighted by Gasteiger charge is 2.29. The number of hydrogen-bond donors (Lipinski definition) is 2. The van der Waals surface area contributed by atoms with Crippen molar-refractivity contribution in [2.45, 2.75) is 71.6 Å². The zero-order chi connectivity index (χ0) is 31.9. The first kappa shape index (κ1) is 32.1. The number of nitrogens with zero attached hydrogens (tertiary/aromatic N) is 5. The Morgan fingerprint density at radius 2 is 1.96 bits per heavy atom. The van der Waals surface area contributed by atoms with E-state index in [2.05, 4.69) is 30.5 Å². The molecule has 5 rings (SSSR count). The van der Waals surface area contributed by atoms with Crippen LogP contribution in [0.1, 0.15) is 74.6 Å². The van der Waals surface area contributed by atoms with Gasteiger partial charge in [0.25, 0.3) is 5.91 Å². The average Bonchev–Trinajstić information content (AvgIpc) is 3.02. The summed E-state index contributed by atoms with van der Waals surface area (Å²) in [5.41, 5.74) is 2.26. The Bertz CT molecular complexity index is 1500. The smallest absolute Gasteiger partial charge is 0.257 e. The first-order valence-electron chi connectivity index (χ1n) is 15.7. The maximum atomic E-state index is 14.3. The summed E-state index contributed by atoms with van der Waals surface area (Å²) in [7, 11) is 0. The zero-order valence-corrected chi connectivity index (χ0v) is 26.4. The van der Waals surface area contributed by atoms with Gasteiger partial charge in [-0.25, -0.2) is 14.4 Å². The Kier molecular flexibility index (Phi) is 10.4. The number of amides is 2. The van der Waals surface area contributed by atoms with Crippen molar-refractivity contribution < 1.29 is 23.5 Å². The monoisotopic (exact) mass is 619 g/mol. The molecule has 45 heavy (non-hydrogen) atoms. The molecule has 12 heteroatoms. The van der Waals surface area contributed by atoms with E-state index >= 15 is 0 Å². The predicted molar refractivity (Wildman–Crippen MR) is 168 cm³/mol. The van der Waals surface area contributed by atoms with Gasteiger partial charge < -0.3 is 29.9 Å². The number of carbonyl (C=O) groups is 2. The topological polar surface area (TPSA) is 122 Å². The number of piperidine rings is 1. The van der Waals surface area contributed by atoms with Crippen molar-refractivity contribution in [3.8, 4) is 17.2 Å². The molecule has 4 heterocycles. The first-order chi connectivity index (χ1) is 21.7. The van der Waals surface area contributed by atoms with E-state index in [0.717, 1.165) is 49.2 Å². The van der Waals surface area contributed by atoms with Crippen LogP contribution in [0.15, 0.2) is 43.0 Å². The highest BCUT2D eigenvalue weighted by Crippen LogP contribution is 2.36. The lowest BCUT2D eigenvalue weighted by molar-refractivity contribution is -0.118. The van der Waals surface area contributed by atoms with Gasteiger partial charge in [-0.1, -0.05) is 0 Å². The number of halogens is 1. The van der Waals surface area contributed by atoms with Gasteiger partial charge in [0.2, 0.25) is 5.91 Å². The molecular weight excluding hydrogens is 577 g/mol. The number of benzene rings is 1. The molecule has 1 aromatic carbocycles. The van der Waals surface area contributed by atoms with E-state index in [1.807, 2.05) is 26.8 Å². The van der Waals surface area contributed by atoms with Crippen LogP contribution in [0.2, 0.25) is 0 Å². The summed E-state index contributed by atoms with van der Waals surface area (Å²) in [6.45, 7) is 10.5. The molecule has 11 nitrogen and oxygen atoms in total. The third-order valence-electron chi connectivity index (χ3n) is 8.25. The van der Waals surface area contributed by atoms with Crippen LogP contribution >= 0.6 is 0 Å². The van der Waals surface area contributed by atoms with Gasteiger partial charge in [-0.05, 0) is 51.5 Å². The quantitative estimate of drug-likeness (QED) is 0.321. The van der Waals surface area contributed by atoms with Crippen LogP contribution in [0.25, 0.3) is 0 Å². The molecule has 2 amide bonds. The zero-order valence-electron chi connectivity index (χ0n) is 26.4. The predicted octanol–water partition coefficient (Wildman–Crippen LogP) is 4.43. The first-order valence-corrected chi connectivity index (χ1v) is 15.7. The van der Waals surface area contributed by atoms with Gasteiger partial charge in [-0.3, -0.25) is 14.6 Å². The fraction of sp³-hybridized carbons (Fsp3) is 0.485. The van der Waals surface area contributed by atoms with Crippen LogP contribution < -0.4 is 25.0 Å². The molecular formula is C33H42FN7O4. The standard InChI is InChI=1S/C33H42FN7O4/c1-5-41(21(2)3)33(43)25-18-23(34)6-7-28(25)45-30-19-35-20-39-32(30)40-16-11-24(12-17-40)44-29-10-15-38-27-9-14-37-26(31(27)29)8-13-36-22(4)42/h6-7,10,15,18-21,24,26,37H,5,8-9,11-14,16-17H2,1-4H3,(H,36,42). The minimum Gasteiger partial charge on any atom is -0.490 e. The normalized spacial score (nSPS) is 16.7. The van der Waals surface area contributed by atoms with E-state index in [1.54, 1.807) is 17.3 Å². The molecule has 3 aromatic rings. The molecule has 1 saturated heterocycles. The lowest BCUT2D eigenvalue weighted by Crippen LogP contribution is -2.39. The Balaban J connectivity index is 1.28. The molecule has 0 saturated carbocycles. The number of rotatable bonds is 11. The molecule has 240 valence electrons. The second-order valence-corrected chi connectivity index (χ2v) is 11.6. The van der Waals surface area contributed by atoms with Gasteiger partial charge in [0.05, 0.1) is 17.5 Å². The van der Waals surface area contributed by atoms with Crippen LogP contribution in [0, 0.1) is 5.82 Å². The van der Waals surface area contributed by atoms with Gasteiger partial charge in [-0.2, -0.15) is 0 Å². The van der Waals surface area contributed by atoms with Gasteiger partial charge in [0, 0.05) is 82.8 Å². The van der Waals surface area contributed by atoms with Crippen molar-refractivity contribution in [1.82, 2.24) is 30.5 Å². The number of ether oxygens (including phenoxy) is 2.